The minimum atomic E-state index is -0.499. The third kappa shape index (κ3) is 2.89. The minimum absolute atomic E-state index is 0.0289. The van der Waals surface area contributed by atoms with E-state index in [0.29, 0.717) is 19.7 Å². The molecule has 6 heteroatoms. The third-order valence-electron chi connectivity index (χ3n) is 4.84. The molecule has 4 rings (SSSR count). The summed E-state index contributed by atoms with van der Waals surface area (Å²) in [7, 11) is 1.63. The Bertz CT molecular complexity index is 772. The van der Waals surface area contributed by atoms with Crippen LogP contribution in [-0.4, -0.2) is 37.8 Å². The van der Waals surface area contributed by atoms with Crippen LogP contribution in [0.5, 0.6) is 5.75 Å². The van der Waals surface area contributed by atoms with Crippen molar-refractivity contribution in [3.8, 4) is 5.75 Å². The molecule has 1 atom stereocenters. The number of nitrogens with zero attached hydrogens (tertiary/aromatic N) is 1. The lowest BCUT2D eigenvalue weighted by atomic mass is 9.90. The fourth-order valence-corrected chi connectivity index (χ4v) is 3.48. The van der Waals surface area contributed by atoms with Crippen LogP contribution >= 0.6 is 0 Å². The Morgan fingerprint density at radius 3 is 2.76 bits per heavy atom. The van der Waals surface area contributed by atoms with Crippen molar-refractivity contribution in [2.45, 2.75) is 12.1 Å². The van der Waals surface area contributed by atoms with E-state index in [4.69, 9.17) is 14.5 Å². The smallest absolute Gasteiger partial charge is 0.254 e. The molecule has 2 aromatic rings. The molecule has 2 aromatic carbocycles. The van der Waals surface area contributed by atoms with Crippen LogP contribution in [0.1, 0.15) is 21.5 Å². The molecule has 0 aliphatic carbocycles. The molecule has 2 aliphatic heterocycles. The van der Waals surface area contributed by atoms with E-state index in [0.717, 1.165) is 22.4 Å². The Kier molecular flexibility index (Phi) is 4.17. The van der Waals surface area contributed by atoms with Crippen LogP contribution < -0.4 is 10.1 Å². The second-order valence-electron chi connectivity index (χ2n) is 6.33. The number of carbonyl (C=O) groups is 1. The maximum Gasteiger partial charge on any atom is 0.254 e. The highest BCUT2D eigenvalue weighted by molar-refractivity contribution is 5.98. The Balaban J connectivity index is 1.62. The number of amides is 1. The monoisotopic (exact) mass is 340 g/mol. The van der Waals surface area contributed by atoms with Crippen LogP contribution in [0.25, 0.3) is 0 Å². The van der Waals surface area contributed by atoms with Crippen LogP contribution in [0, 0.1) is 0 Å². The van der Waals surface area contributed by atoms with Gasteiger partial charge in [0.1, 0.15) is 19.1 Å². The van der Waals surface area contributed by atoms with Gasteiger partial charge in [0.2, 0.25) is 0 Å². The van der Waals surface area contributed by atoms with Crippen LogP contribution in [0.3, 0.4) is 0 Å². The molecular weight excluding hydrogens is 320 g/mol. The van der Waals surface area contributed by atoms with E-state index in [1.165, 1.54) is 0 Å². The summed E-state index contributed by atoms with van der Waals surface area (Å²) in [5.74, 6) is 0.792. The highest BCUT2D eigenvalue weighted by Gasteiger charge is 2.40. The van der Waals surface area contributed by atoms with Crippen molar-refractivity contribution >= 4 is 5.91 Å². The third-order valence-corrected chi connectivity index (χ3v) is 4.84. The Hall–Kier alpha value is -2.41. The summed E-state index contributed by atoms with van der Waals surface area (Å²) in [6.07, 6.45) is 0. The van der Waals surface area contributed by atoms with Crippen LogP contribution in [0.4, 0.5) is 0 Å². The van der Waals surface area contributed by atoms with Gasteiger partial charge in [0.15, 0.2) is 0 Å². The first kappa shape index (κ1) is 16.1. The predicted octanol–water partition coefficient (Wildman–Crippen LogP) is 2.06. The molecule has 0 bridgehead atoms. The van der Waals surface area contributed by atoms with Gasteiger partial charge in [0, 0.05) is 18.7 Å². The summed E-state index contributed by atoms with van der Waals surface area (Å²) in [4.78, 5) is 25.0. The Labute approximate surface area is 146 Å². The van der Waals surface area contributed by atoms with E-state index in [1.54, 1.807) is 7.11 Å². The molecule has 1 N–H and O–H groups in total. The van der Waals surface area contributed by atoms with Gasteiger partial charge in [-0.3, -0.25) is 10.1 Å². The number of carbonyl (C=O) groups excluding carboxylic acids is 1. The zero-order valence-electron chi connectivity index (χ0n) is 14.0. The topological polar surface area (TPSA) is 60.0 Å². The minimum Gasteiger partial charge on any atom is -0.497 e. The molecule has 1 saturated heterocycles. The van der Waals surface area contributed by atoms with E-state index in [-0.39, 0.29) is 12.6 Å². The largest absolute Gasteiger partial charge is 0.497 e. The van der Waals surface area contributed by atoms with E-state index in [9.17, 15) is 4.79 Å². The molecule has 1 amide bonds. The van der Waals surface area contributed by atoms with Gasteiger partial charge >= 0.3 is 0 Å². The number of fused-ring (bicyclic) bond motifs is 1. The molecule has 0 radical (unpaired) electrons. The molecular formula is C19H20N2O4. The van der Waals surface area contributed by atoms with Crippen molar-refractivity contribution in [2.75, 3.05) is 27.0 Å². The van der Waals surface area contributed by atoms with E-state index in [1.807, 2.05) is 53.4 Å². The number of hydrogen-bond acceptors (Lipinski definition) is 5. The molecule has 2 heterocycles. The molecule has 0 aromatic heterocycles. The normalized spacial score (nSPS) is 22.8. The van der Waals surface area contributed by atoms with Gasteiger partial charge in [0.05, 0.1) is 12.6 Å². The van der Waals surface area contributed by atoms with Gasteiger partial charge < -0.3 is 9.64 Å². The number of ether oxygens (including phenoxy) is 1. The highest BCUT2D eigenvalue weighted by atomic mass is 17.2. The number of benzene rings is 2. The first-order valence-electron chi connectivity index (χ1n) is 8.23. The SMILES string of the molecule is COc1ccc2c(c1)CN(C[C@@]1(c3ccccc3)COOCN1)C2=O. The molecule has 130 valence electrons. The average Bonchev–Trinajstić information content (AvgIpc) is 2.98. The average molecular weight is 340 g/mol. The Morgan fingerprint density at radius 2 is 2.04 bits per heavy atom. The summed E-state index contributed by atoms with van der Waals surface area (Å²) < 4.78 is 5.27. The first-order chi connectivity index (χ1) is 12.2. The molecule has 0 unspecified atom stereocenters. The van der Waals surface area contributed by atoms with Gasteiger partial charge in [-0.1, -0.05) is 30.3 Å². The number of rotatable bonds is 4. The summed E-state index contributed by atoms with van der Waals surface area (Å²) >= 11 is 0. The van der Waals surface area contributed by atoms with Crippen molar-refractivity contribution in [3.63, 3.8) is 0 Å². The van der Waals surface area contributed by atoms with E-state index < -0.39 is 5.54 Å². The Morgan fingerprint density at radius 1 is 1.20 bits per heavy atom. The molecule has 1 fully saturated rings. The van der Waals surface area contributed by atoms with Gasteiger partial charge in [-0.25, -0.2) is 9.78 Å². The molecule has 6 nitrogen and oxygen atoms in total. The molecule has 2 aliphatic rings. The van der Waals surface area contributed by atoms with Gasteiger partial charge in [-0.05, 0) is 29.3 Å². The standard InChI is InChI=1S/C19H20N2O4/c1-23-16-7-8-17-14(9-16)10-21(18(17)22)11-19(12-24-25-13-20-19)15-5-3-2-4-6-15/h2-9,20H,10-13H2,1H3/t19-/m0/s1. The van der Waals surface area contributed by atoms with Crippen molar-refractivity contribution in [2.24, 2.45) is 0 Å². The highest BCUT2D eigenvalue weighted by Crippen LogP contribution is 2.31. The number of nitrogens with one attached hydrogen (secondary N) is 1. The van der Waals surface area contributed by atoms with Crippen molar-refractivity contribution in [1.29, 1.82) is 0 Å². The summed E-state index contributed by atoms with van der Waals surface area (Å²) in [5, 5.41) is 3.38. The van der Waals surface area contributed by atoms with Crippen molar-refractivity contribution < 1.29 is 19.3 Å². The van der Waals surface area contributed by atoms with Crippen LogP contribution in [0.15, 0.2) is 48.5 Å². The van der Waals surface area contributed by atoms with Crippen LogP contribution in [-0.2, 0) is 21.9 Å². The summed E-state index contributed by atoms with van der Waals surface area (Å²) in [6, 6.07) is 15.6. The lowest BCUT2D eigenvalue weighted by Crippen LogP contribution is -2.57. The molecule has 0 saturated carbocycles. The van der Waals surface area contributed by atoms with Crippen molar-refractivity contribution in [1.82, 2.24) is 10.2 Å². The van der Waals surface area contributed by atoms with Gasteiger partial charge in [0.25, 0.3) is 5.91 Å². The molecule has 25 heavy (non-hydrogen) atoms. The van der Waals surface area contributed by atoms with E-state index >= 15 is 0 Å². The quantitative estimate of drug-likeness (QED) is 0.864. The second-order valence-corrected chi connectivity index (χ2v) is 6.33. The first-order valence-corrected chi connectivity index (χ1v) is 8.23. The maximum atomic E-state index is 12.8. The fraction of sp³-hybridized carbons (Fsp3) is 0.316. The number of methoxy groups -OCH3 is 1. The lowest BCUT2D eigenvalue weighted by Gasteiger charge is -2.40. The second kappa shape index (κ2) is 6.48. The van der Waals surface area contributed by atoms with Crippen molar-refractivity contribution in [3.05, 3.63) is 65.2 Å². The zero-order valence-corrected chi connectivity index (χ0v) is 14.0. The molecule has 0 spiro atoms. The number of hydrogen-bond donors (Lipinski definition) is 1. The van der Waals surface area contributed by atoms with E-state index in [2.05, 4.69) is 5.32 Å². The van der Waals surface area contributed by atoms with Gasteiger partial charge in [-0.15, -0.1) is 0 Å². The van der Waals surface area contributed by atoms with Gasteiger partial charge in [-0.2, -0.15) is 0 Å². The van der Waals surface area contributed by atoms with Crippen LogP contribution in [0.2, 0.25) is 0 Å². The summed E-state index contributed by atoms with van der Waals surface area (Å²) in [5.41, 5.74) is 2.29. The lowest BCUT2D eigenvalue weighted by molar-refractivity contribution is -0.339. The predicted molar refractivity (Wildman–Crippen MR) is 90.9 cm³/mol. The zero-order chi connectivity index (χ0) is 17.3. The fourth-order valence-electron chi connectivity index (χ4n) is 3.48. The maximum absolute atomic E-state index is 12.8. The summed E-state index contributed by atoms with van der Waals surface area (Å²) in [6.45, 7) is 1.66.